The molecule has 12 heteroatoms. The Kier molecular flexibility index (Phi) is 51.4. The van der Waals surface area contributed by atoms with Crippen molar-refractivity contribution in [3.63, 3.8) is 0 Å². The van der Waals surface area contributed by atoms with Gasteiger partial charge < -0.3 is 24.2 Å². The fourth-order valence-electron chi connectivity index (χ4n) is 7.43. The molecule has 0 aliphatic heterocycles. The largest absolute Gasteiger partial charge is 0.472 e. The molecule has 0 aromatic heterocycles. The van der Waals surface area contributed by atoms with Gasteiger partial charge in [0.1, 0.15) is 12.7 Å². The summed E-state index contributed by atoms with van der Waals surface area (Å²) < 4.78 is 39.4. The number of hydrogen-bond donors (Lipinski definition) is 2. The fraction of sp³-hybridized carbons (Fsp3) is 0.717. The maximum absolute atomic E-state index is 12.9. The number of allylic oxidation sites excluding steroid dienone is 14. The number of phosphoric acid groups is 1. The molecular formula is C60H103O11P. The van der Waals surface area contributed by atoms with Crippen LogP contribution >= 0.6 is 7.82 Å². The summed E-state index contributed by atoms with van der Waals surface area (Å²) in [4.78, 5) is 48.5. The molecule has 0 aromatic rings. The third kappa shape index (κ3) is 51.6. The van der Waals surface area contributed by atoms with Gasteiger partial charge in [0.05, 0.1) is 19.8 Å². The quantitative estimate of drug-likeness (QED) is 0.0197. The number of aliphatic hydroxyl groups is 1. The zero-order valence-corrected chi connectivity index (χ0v) is 46.5. The molecule has 0 amide bonds. The Hall–Kier alpha value is -3.34. The molecule has 2 N–H and O–H groups in total. The van der Waals surface area contributed by atoms with E-state index in [1.807, 2.05) is 0 Å². The van der Waals surface area contributed by atoms with Crippen LogP contribution in [0.25, 0.3) is 0 Å². The van der Waals surface area contributed by atoms with Crippen LogP contribution in [0.5, 0.6) is 0 Å². The lowest BCUT2D eigenvalue weighted by Crippen LogP contribution is -2.30. The van der Waals surface area contributed by atoms with Crippen molar-refractivity contribution in [2.24, 2.45) is 0 Å². The third-order valence-corrected chi connectivity index (χ3v) is 12.7. The van der Waals surface area contributed by atoms with Gasteiger partial charge in [-0.05, 0) is 116 Å². The molecule has 0 aliphatic rings. The smallest absolute Gasteiger partial charge is 0.462 e. The van der Waals surface area contributed by atoms with E-state index in [0.29, 0.717) is 19.3 Å². The minimum Gasteiger partial charge on any atom is -0.462 e. The summed E-state index contributed by atoms with van der Waals surface area (Å²) in [5, 5.41) is 9.79. The van der Waals surface area contributed by atoms with E-state index in [0.717, 1.165) is 128 Å². The van der Waals surface area contributed by atoms with Crippen molar-refractivity contribution in [3.8, 4) is 0 Å². The highest BCUT2D eigenvalue weighted by Gasteiger charge is 2.28. The van der Waals surface area contributed by atoms with Crippen molar-refractivity contribution in [1.82, 2.24) is 0 Å². The number of unbranched alkanes of at least 4 members (excludes halogenated alkanes) is 21. The van der Waals surface area contributed by atoms with Crippen LogP contribution in [-0.4, -0.2) is 66.5 Å². The molecular weight excluding hydrogens is 928 g/mol. The fourth-order valence-corrected chi connectivity index (χ4v) is 8.21. The van der Waals surface area contributed by atoms with Crippen molar-refractivity contribution in [3.05, 3.63) is 85.1 Å². The minimum atomic E-state index is -4.76. The zero-order valence-electron chi connectivity index (χ0n) is 45.6. The molecule has 0 fully saturated rings. The molecule has 0 saturated heterocycles. The molecule has 0 aromatic carbocycles. The Labute approximate surface area is 439 Å². The number of ether oxygens (including phenoxy) is 3. The average Bonchev–Trinajstić information content (AvgIpc) is 3.37. The second-order valence-electron chi connectivity index (χ2n) is 18.7. The van der Waals surface area contributed by atoms with E-state index in [4.69, 9.17) is 23.3 Å². The lowest BCUT2D eigenvalue weighted by molar-refractivity contribution is -0.161. The van der Waals surface area contributed by atoms with E-state index in [-0.39, 0.29) is 25.9 Å². The molecule has 3 atom stereocenters. The van der Waals surface area contributed by atoms with Gasteiger partial charge in [0.15, 0.2) is 6.10 Å². The number of esters is 3. The Morgan fingerprint density at radius 3 is 1.17 bits per heavy atom. The van der Waals surface area contributed by atoms with Crippen LogP contribution in [0, 0.1) is 0 Å². The van der Waals surface area contributed by atoms with Gasteiger partial charge in [-0.3, -0.25) is 23.4 Å². The van der Waals surface area contributed by atoms with Gasteiger partial charge in [0.2, 0.25) is 0 Å². The number of carbonyl (C=O) groups is 3. The Morgan fingerprint density at radius 2 is 0.722 bits per heavy atom. The van der Waals surface area contributed by atoms with E-state index >= 15 is 0 Å². The molecule has 0 heterocycles. The molecule has 414 valence electrons. The molecule has 11 nitrogen and oxygen atoms in total. The van der Waals surface area contributed by atoms with E-state index in [1.54, 1.807) is 0 Å². The van der Waals surface area contributed by atoms with Crippen molar-refractivity contribution >= 4 is 25.7 Å². The highest BCUT2D eigenvalue weighted by atomic mass is 31.2. The Balaban J connectivity index is 4.78. The molecule has 0 spiro atoms. The van der Waals surface area contributed by atoms with Gasteiger partial charge in [0, 0.05) is 19.3 Å². The van der Waals surface area contributed by atoms with Crippen LogP contribution in [0.2, 0.25) is 0 Å². The molecule has 0 bridgehead atoms. The first-order valence-electron chi connectivity index (χ1n) is 28.5. The monoisotopic (exact) mass is 1030 g/mol. The van der Waals surface area contributed by atoms with Crippen molar-refractivity contribution in [1.29, 1.82) is 0 Å². The van der Waals surface area contributed by atoms with E-state index in [1.165, 1.54) is 51.4 Å². The van der Waals surface area contributed by atoms with E-state index in [9.17, 15) is 28.9 Å². The lowest BCUT2D eigenvalue weighted by Gasteiger charge is -2.21. The topological polar surface area (TPSA) is 155 Å². The van der Waals surface area contributed by atoms with Crippen LogP contribution < -0.4 is 0 Å². The van der Waals surface area contributed by atoms with Gasteiger partial charge >= 0.3 is 25.7 Å². The van der Waals surface area contributed by atoms with Gasteiger partial charge in [-0.25, -0.2) is 4.57 Å². The third-order valence-electron chi connectivity index (χ3n) is 11.8. The maximum Gasteiger partial charge on any atom is 0.472 e. The van der Waals surface area contributed by atoms with E-state index in [2.05, 4.69) is 106 Å². The summed E-state index contributed by atoms with van der Waals surface area (Å²) in [5.74, 6) is -1.52. The summed E-state index contributed by atoms with van der Waals surface area (Å²) in [6.45, 7) is 4.42. The summed E-state index contributed by atoms with van der Waals surface area (Å²) in [6.07, 6.45) is 61.1. The molecule has 0 radical (unpaired) electrons. The van der Waals surface area contributed by atoms with Gasteiger partial charge in [0.25, 0.3) is 0 Å². The standard InChI is InChI=1S/C60H103O11P/c1-4-7-10-13-16-19-22-25-26-27-28-29-30-33-36-39-42-45-48-51-60(64)71-57(53-67-58(62)49-46-43-40-37-34-31-23-20-17-14-11-8-5-2)55-69-72(65,66)68-54-56(52-61)70-59(63)50-47-44-41-38-35-32-24-21-18-15-12-9-6-3/h9,12,16,18-21,23,25-26,28-29,32,35,56-57,61H,4-8,10-11,13-15,17,22,24,27,30-31,33-34,36-55H2,1-3H3,(H,65,66)/b12-9-,19-16-,21-18-,23-20-,26-25-,29-28-,35-32-. The van der Waals surface area contributed by atoms with Crippen molar-refractivity contribution in [2.75, 3.05) is 26.4 Å². The normalized spacial score (nSPS) is 14.0. The number of hydrogen-bond acceptors (Lipinski definition) is 10. The van der Waals surface area contributed by atoms with Gasteiger partial charge in [-0.15, -0.1) is 0 Å². The molecule has 0 rings (SSSR count). The molecule has 3 unspecified atom stereocenters. The van der Waals surface area contributed by atoms with Crippen LogP contribution in [0.1, 0.15) is 239 Å². The first-order valence-corrected chi connectivity index (χ1v) is 30.0. The summed E-state index contributed by atoms with van der Waals surface area (Å²) in [7, 11) is -4.76. The van der Waals surface area contributed by atoms with Crippen LogP contribution in [-0.2, 0) is 42.2 Å². The molecule has 0 saturated carbocycles. The average molecular weight is 1030 g/mol. The SMILES string of the molecule is CC/C=C\C/C=C\C/C=C\CCCCCC(=O)OC(CO)COP(=O)(O)OCC(COC(=O)CCCCCCC/C=C\CCCCCC)OC(=O)CCCCCCCC/C=C\C/C=C\C/C=C\CCCCC. The maximum atomic E-state index is 12.9. The Morgan fingerprint density at radius 1 is 0.403 bits per heavy atom. The minimum absolute atomic E-state index is 0.138. The predicted molar refractivity (Wildman–Crippen MR) is 298 cm³/mol. The highest BCUT2D eigenvalue weighted by Crippen LogP contribution is 2.43. The summed E-state index contributed by atoms with van der Waals surface area (Å²) >= 11 is 0. The first kappa shape index (κ1) is 68.7. The zero-order chi connectivity index (χ0) is 52.7. The second kappa shape index (κ2) is 53.9. The van der Waals surface area contributed by atoms with Crippen LogP contribution in [0.4, 0.5) is 0 Å². The molecule has 0 aliphatic carbocycles. The lowest BCUT2D eigenvalue weighted by atomic mass is 10.1. The molecule has 72 heavy (non-hydrogen) atoms. The van der Waals surface area contributed by atoms with Crippen LogP contribution in [0.15, 0.2) is 85.1 Å². The van der Waals surface area contributed by atoms with Crippen molar-refractivity contribution in [2.45, 2.75) is 251 Å². The highest BCUT2D eigenvalue weighted by molar-refractivity contribution is 7.47. The predicted octanol–water partition coefficient (Wildman–Crippen LogP) is 16.7. The van der Waals surface area contributed by atoms with Gasteiger partial charge in [-0.2, -0.15) is 0 Å². The number of rotatable bonds is 52. The second-order valence-corrected chi connectivity index (χ2v) is 20.2. The van der Waals surface area contributed by atoms with Crippen LogP contribution in [0.3, 0.4) is 0 Å². The Bertz CT molecular complexity index is 1530. The number of phosphoric ester groups is 1. The van der Waals surface area contributed by atoms with Gasteiger partial charge in [-0.1, -0.05) is 189 Å². The summed E-state index contributed by atoms with van der Waals surface area (Å²) in [6, 6.07) is 0. The first-order chi connectivity index (χ1) is 35.2. The number of carbonyl (C=O) groups excluding carboxylic acids is 3. The summed E-state index contributed by atoms with van der Waals surface area (Å²) in [5.41, 5.74) is 0. The number of aliphatic hydroxyl groups excluding tert-OH is 1. The van der Waals surface area contributed by atoms with E-state index < -0.39 is 57.8 Å². The van der Waals surface area contributed by atoms with Crippen molar-refractivity contribution < 1.29 is 52.2 Å².